The van der Waals surface area contributed by atoms with E-state index in [0.29, 0.717) is 18.8 Å². The molecule has 98 valence electrons. The SMILES string of the molecule is CC(O)(CO)CNCc1ccc(OCC#N)cc1. The maximum Gasteiger partial charge on any atom is 0.174 e. The summed E-state index contributed by atoms with van der Waals surface area (Å²) in [5.41, 5.74) is -0.0661. The zero-order valence-corrected chi connectivity index (χ0v) is 10.4. The van der Waals surface area contributed by atoms with E-state index in [1.807, 2.05) is 18.2 Å². The van der Waals surface area contributed by atoms with Crippen LogP contribution < -0.4 is 10.1 Å². The summed E-state index contributed by atoms with van der Waals surface area (Å²) in [5.74, 6) is 0.655. The second kappa shape index (κ2) is 6.97. The van der Waals surface area contributed by atoms with Crippen molar-refractivity contribution in [1.82, 2.24) is 5.32 Å². The Labute approximate surface area is 107 Å². The quantitative estimate of drug-likeness (QED) is 0.653. The van der Waals surface area contributed by atoms with E-state index < -0.39 is 5.60 Å². The van der Waals surface area contributed by atoms with Crippen molar-refractivity contribution in [3.05, 3.63) is 29.8 Å². The van der Waals surface area contributed by atoms with Crippen molar-refractivity contribution >= 4 is 0 Å². The molecule has 1 atom stereocenters. The van der Waals surface area contributed by atoms with E-state index in [2.05, 4.69) is 5.32 Å². The molecule has 0 aliphatic rings. The Bertz CT molecular complexity index is 396. The first-order valence-corrected chi connectivity index (χ1v) is 5.70. The summed E-state index contributed by atoms with van der Waals surface area (Å²) in [6, 6.07) is 9.25. The summed E-state index contributed by atoms with van der Waals surface area (Å²) < 4.78 is 5.13. The summed E-state index contributed by atoms with van der Waals surface area (Å²) >= 11 is 0. The molecule has 0 amide bonds. The highest BCUT2D eigenvalue weighted by Gasteiger charge is 2.17. The topological polar surface area (TPSA) is 85.5 Å². The van der Waals surface area contributed by atoms with Gasteiger partial charge in [-0.25, -0.2) is 0 Å². The van der Waals surface area contributed by atoms with Crippen LogP contribution in [0.3, 0.4) is 0 Å². The zero-order chi connectivity index (χ0) is 13.4. The molecule has 0 saturated heterocycles. The first-order valence-electron chi connectivity index (χ1n) is 5.70. The fraction of sp³-hybridized carbons (Fsp3) is 0.462. The first kappa shape index (κ1) is 14.5. The van der Waals surface area contributed by atoms with E-state index in [1.165, 1.54) is 0 Å². The van der Waals surface area contributed by atoms with E-state index in [1.54, 1.807) is 19.1 Å². The molecule has 5 heteroatoms. The maximum atomic E-state index is 9.58. The number of ether oxygens (including phenoxy) is 1. The van der Waals surface area contributed by atoms with Crippen LogP contribution in [-0.4, -0.2) is 35.6 Å². The van der Waals surface area contributed by atoms with Crippen molar-refractivity contribution in [3.8, 4) is 11.8 Å². The van der Waals surface area contributed by atoms with Crippen LogP contribution >= 0.6 is 0 Å². The summed E-state index contributed by atoms with van der Waals surface area (Å²) in [4.78, 5) is 0. The summed E-state index contributed by atoms with van der Waals surface area (Å²) in [7, 11) is 0. The smallest absolute Gasteiger partial charge is 0.174 e. The number of nitrogens with one attached hydrogen (secondary N) is 1. The highest BCUT2D eigenvalue weighted by molar-refractivity contribution is 5.27. The largest absolute Gasteiger partial charge is 0.479 e. The van der Waals surface area contributed by atoms with E-state index >= 15 is 0 Å². The third-order valence-corrected chi connectivity index (χ3v) is 2.40. The molecule has 0 radical (unpaired) electrons. The molecule has 0 spiro atoms. The van der Waals surface area contributed by atoms with Gasteiger partial charge in [0.2, 0.25) is 0 Å². The standard InChI is InChI=1S/C13H18N2O3/c1-13(17,10-16)9-15-8-11-2-4-12(5-3-11)18-7-6-14/h2-5,15-17H,7-10H2,1H3. The molecule has 1 rings (SSSR count). The number of hydrogen-bond donors (Lipinski definition) is 3. The van der Waals surface area contributed by atoms with Crippen molar-refractivity contribution in [2.24, 2.45) is 0 Å². The molecule has 0 aliphatic carbocycles. The van der Waals surface area contributed by atoms with Gasteiger partial charge in [-0.05, 0) is 24.6 Å². The Kier molecular flexibility index (Phi) is 5.59. The number of rotatable bonds is 7. The summed E-state index contributed by atoms with van der Waals surface area (Å²) in [5, 5.41) is 29.9. The van der Waals surface area contributed by atoms with Gasteiger partial charge in [0.25, 0.3) is 0 Å². The van der Waals surface area contributed by atoms with Gasteiger partial charge < -0.3 is 20.3 Å². The van der Waals surface area contributed by atoms with Crippen molar-refractivity contribution in [2.45, 2.75) is 19.1 Å². The Morgan fingerprint density at radius 2 is 2.06 bits per heavy atom. The minimum Gasteiger partial charge on any atom is -0.479 e. The molecule has 1 aromatic rings. The van der Waals surface area contributed by atoms with Gasteiger partial charge in [-0.2, -0.15) is 5.26 Å². The van der Waals surface area contributed by atoms with Crippen LogP contribution in [-0.2, 0) is 6.54 Å². The molecule has 18 heavy (non-hydrogen) atoms. The lowest BCUT2D eigenvalue weighted by molar-refractivity contribution is 0.00254. The Morgan fingerprint density at radius 3 is 2.61 bits per heavy atom. The predicted molar refractivity (Wildman–Crippen MR) is 67.0 cm³/mol. The Hall–Kier alpha value is -1.61. The lowest BCUT2D eigenvalue weighted by Gasteiger charge is -2.20. The van der Waals surface area contributed by atoms with Crippen LogP contribution in [0.4, 0.5) is 0 Å². The number of nitrogens with zero attached hydrogens (tertiary/aromatic N) is 1. The van der Waals surface area contributed by atoms with E-state index in [0.717, 1.165) is 5.56 Å². The van der Waals surface area contributed by atoms with Gasteiger partial charge >= 0.3 is 0 Å². The summed E-state index contributed by atoms with van der Waals surface area (Å²) in [6.07, 6.45) is 0. The number of aliphatic hydroxyl groups excluding tert-OH is 1. The molecular weight excluding hydrogens is 232 g/mol. The highest BCUT2D eigenvalue weighted by Crippen LogP contribution is 2.12. The van der Waals surface area contributed by atoms with Crippen molar-refractivity contribution < 1.29 is 14.9 Å². The van der Waals surface area contributed by atoms with Gasteiger partial charge in [-0.3, -0.25) is 0 Å². The lowest BCUT2D eigenvalue weighted by Crippen LogP contribution is -2.40. The van der Waals surface area contributed by atoms with Gasteiger partial charge in [0.1, 0.15) is 11.8 Å². The van der Waals surface area contributed by atoms with Crippen LogP contribution in [0.15, 0.2) is 24.3 Å². The average Bonchev–Trinajstić information content (AvgIpc) is 2.38. The van der Waals surface area contributed by atoms with E-state index in [9.17, 15) is 5.11 Å². The third kappa shape index (κ3) is 5.15. The highest BCUT2D eigenvalue weighted by atomic mass is 16.5. The van der Waals surface area contributed by atoms with Crippen LogP contribution in [0.25, 0.3) is 0 Å². The normalized spacial score (nSPS) is 13.7. The second-order valence-corrected chi connectivity index (χ2v) is 4.35. The minimum atomic E-state index is -1.10. The lowest BCUT2D eigenvalue weighted by atomic mass is 10.1. The van der Waals surface area contributed by atoms with Crippen molar-refractivity contribution in [3.63, 3.8) is 0 Å². The second-order valence-electron chi connectivity index (χ2n) is 4.35. The average molecular weight is 250 g/mol. The van der Waals surface area contributed by atoms with E-state index in [4.69, 9.17) is 15.1 Å². The molecule has 0 fully saturated rings. The maximum absolute atomic E-state index is 9.58. The molecular formula is C13H18N2O3. The first-order chi connectivity index (χ1) is 8.57. The third-order valence-electron chi connectivity index (χ3n) is 2.40. The van der Waals surface area contributed by atoms with E-state index in [-0.39, 0.29) is 13.2 Å². The zero-order valence-electron chi connectivity index (χ0n) is 10.4. The molecule has 0 aromatic heterocycles. The van der Waals surface area contributed by atoms with Crippen LogP contribution in [0, 0.1) is 11.3 Å². The molecule has 0 bridgehead atoms. The molecule has 5 nitrogen and oxygen atoms in total. The van der Waals surface area contributed by atoms with Gasteiger partial charge in [0.15, 0.2) is 6.61 Å². The van der Waals surface area contributed by atoms with Crippen LogP contribution in [0.5, 0.6) is 5.75 Å². The van der Waals surface area contributed by atoms with Crippen molar-refractivity contribution in [1.29, 1.82) is 5.26 Å². The number of hydrogen-bond acceptors (Lipinski definition) is 5. The van der Waals surface area contributed by atoms with Crippen molar-refractivity contribution in [2.75, 3.05) is 19.8 Å². The number of benzene rings is 1. The number of nitriles is 1. The molecule has 1 unspecified atom stereocenters. The Balaban J connectivity index is 2.38. The fourth-order valence-electron chi connectivity index (χ4n) is 1.35. The molecule has 3 N–H and O–H groups in total. The van der Waals surface area contributed by atoms with Gasteiger partial charge in [-0.1, -0.05) is 12.1 Å². The fourth-order valence-corrected chi connectivity index (χ4v) is 1.35. The van der Waals surface area contributed by atoms with Gasteiger partial charge in [0, 0.05) is 13.1 Å². The Morgan fingerprint density at radius 1 is 1.39 bits per heavy atom. The summed E-state index contributed by atoms with van der Waals surface area (Å²) in [6.45, 7) is 2.24. The molecule has 1 aromatic carbocycles. The molecule has 0 heterocycles. The van der Waals surface area contributed by atoms with Gasteiger partial charge in [-0.15, -0.1) is 0 Å². The monoisotopic (exact) mass is 250 g/mol. The minimum absolute atomic E-state index is 0.0387. The van der Waals surface area contributed by atoms with Gasteiger partial charge in [0.05, 0.1) is 12.2 Å². The van der Waals surface area contributed by atoms with Crippen LogP contribution in [0.2, 0.25) is 0 Å². The predicted octanol–water partition coefficient (Wildman–Crippen LogP) is 0.422. The molecule has 0 aliphatic heterocycles. The molecule has 0 saturated carbocycles. The number of aliphatic hydroxyl groups is 2. The van der Waals surface area contributed by atoms with Crippen LogP contribution in [0.1, 0.15) is 12.5 Å².